The molecule has 0 spiro atoms. The van der Waals surface area contributed by atoms with E-state index in [1.807, 2.05) is 0 Å². The molecule has 0 heterocycles. The van der Waals surface area contributed by atoms with Crippen molar-refractivity contribution in [3.05, 3.63) is 0 Å². The SMILES string of the molecule is C#CP(=O)(O)C(SCCCCCCCCCCCC)P(=O)(O)O. The van der Waals surface area contributed by atoms with E-state index in [0.717, 1.165) is 31.0 Å². The average Bonchev–Trinajstić information content (AvgIpc) is 2.47. The number of hydrogen-bond donors (Lipinski definition) is 3. The molecule has 0 aliphatic heterocycles. The third-order valence-corrected chi connectivity index (χ3v) is 10.3. The first-order chi connectivity index (χ1) is 10.8. The highest BCUT2D eigenvalue weighted by molar-refractivity contribution is 8.13. The van der Waals surface area contributed by atoms with Gasteiger partial charge in [-0.05, 0) is 17.8 Å². The standard InChI is InChI=1S/C15H30O5P2S/c1-3-5-6-7-8-9-10-11-12-13-14-23-15(22(18,19)20)21(16,17)4-2/h2,15H,3,5-14H2,1H3,(H,16,17)(H2,18,19,20). The average molecular weight is 384 g/mol. The van der Waals surface area contributed by atoms with Crippen LogP contribution in [0.5, 0.6) is 0 Å². The van der Waals surface area contributed by atoms with Gasteiger partial charge in [-0.2, -0.15) is 0 Å². The molecule has 0 amide bonds. The fourth-order valence-electron chi connectivity index (χ4n) is 2.24. The first-order valence-electron chi connectivity index (χ1n) is 8.23. The fourth-order valence-corrected chi connectivity index (χ4v) is 7.18. The molecule has 0 aliphatic rings. The summed E-state index contributed by atoms with van der Waals surface area (Å²) in [5.74, 6) is 0.429. The summed E-state index contributed by atoms with van der Waals surface area (Å²) in [5, 5.41) is 0. The van der Waals surface area contributed by atoms with E-state index in [0.29, 0.717) is 5.75 Å². The second kappa shape index (κ2) is 12.6. The number of hydrogen-bond acceptors (Lipinski definition) is 3. The lowest BCUT2D eigenvalue weighted by atomic mass is 10.1. The topological polar surface area (TPSA) is 94.8 Å². The lowest BCUT2D eigenvalue weighted by Gasteiger charge is -2.19. The molecule has 0 fully saturated rings. The van der Waals surface area contributed by atoms with Gasteiger partial charge in [-0.3, -0.25) is 9.13 Å². The zero-order valence-electron chi connectivity index (χ0n) is 13.9. The molecule has 0 saturated heterocycles. The van der Waals surface area contributed by atoms with Crippen molar-refractivity contribution in [2.75, 3.05) is 5.75 Å². The molecule has 0 radical (unpaired) electrons. The summed E-state index contributed by atoms with van der Waals surface area (Å²) >= 11 is 0.819. The van der Waals surface area contributed by atoms with E-state index in [2.05, 4.69) is 6.92 Å². The highest BCUT2D eigenvalue weighted by Crippen LogP contribution is 2.66. The Hall–Kier alpha value is 0.250. The third kappa shape index (κ3) is 11.4. The molecular weight excluding hydrogens is 354 g/mol. The van der Waals surface area contributed by atoms with Gasteiger partial charge in [0.05, 0.1) is 0 Å². The summed E-state index contributed by atoms with van der Waals surface area (Å²) in [6, 6.07) is 0. The van der Waals surface area contributed by atoms with E-state index in [-0.39, 0.29) is 0 Å². The number of rotatable bonds is 14. The summed E-state index contributed by atoms with van der Waals surface area (Å²) < 4.78 is 21.2. The van der Waals surface area contributed by atoms with Crippen LogP contribution in [0.3, 0.4) is 0 Å². The van der Waals surface area contributed by atoms with Crippen molar-refractivity contribution in [3.8, 4) is 12.1 Å². The van der Waals surface area contributed by atoms with E-state index in [9.17, 15) is 14.0 Å². The minimum Gasteiger partial charge on any atom is -0.334 e. The van der Waals surface area contributed by atoms with Gasteiger partial charge in [-0.1, -0.05) is 64.7 Å². The molecule has 0 rings (SSSR count). The maximum atomic E-state index is 11.6. The highest BCUT2D eigenvalue weighted by atomic mass is 32.2. The maximum Gasteiger partial charge on any atom is 0.349 e. The fraction of sp³-hybridized carbons (Fsp3) is 0.867. The molecule has 2 atom stereocenters. The van der Waals surface area contributed by atoms with Crippen LogP contribution in [-0.4, -0.2) is 25.2 Å². The van der Waals surface area contributed by atoms with Crippen LogP contribution >= 0.6 is 26.7 Å². The van der Waals surface area contributed by atoms with Gasteiger partial charge in [0.1, 0.15) is 0 Å². The van der Waals surface area contributed by atoms with Crippen molar-refractivity contribution in [1.82, 2.24) is 0 Å². The predicted molar refractivity (Wildman–Crippen MR) is 98.8 cm³/mol. The molecule has 23 heavy (non-hydrogen) atoms. The first-order valence-corrected chi connectivity index (χ1v) is 12.7. The van der Waals surface area contributed by atoms with Gasteiger partial charge in [0.2, 0.25) is 0 Å². The number of unbranched alkanes of at least 4 members (excludes halogenated alkanes) is 9. The Morgan fingerprint density at radius 1 is 0.913 bits per heavy atom. The molecule has 136 valence electrons. The molecule has 3 N–H and O–H groups in total. The lowest BCUT2D eigenvalue weighted by Crippen LogP contribution is -2.05. The molecular formula is C15H30O5P2S. The Morgan fingerprint density at radius 2 is 1.35 bits per heavy atom. The van der Waals surface area contributed by atoms with Crippen LogP contribution in [0.2, 0.25) is 0 Å². The summed E-state index contributed by atoms with van der Waals surface area (Å²) in [4.78, 5) is 27.8. The third-order valence-electron chi connectivity index (χ3n) is 3.54. The van der Waals surface area contributed by atoms with Gasteiger partial charge in [-0.25, -0.2) is 0 Å². The van der Waals surface area contributed by atoms with Crippen LogP contribution in [0.1, 0.15) is 71.1 Å². The zero-order valence-corrected chi connectivity index (χ0v) is 16.5. The molecule has 0 saturated carbocycles. The van der Waals surface area contributed by atoms with Crippen molar-refractivity contribution in [3.63, 3.8) is 0 Å². The second-order valence-electron chi connectivity index (χ2n) is 5.72. The van der Waals surface area contributed by atoms with Crippen molar-refractivity contribution >= 4 is 26.7 Å². The van der Waals surface area contributed by atoms with Crippen molar-refractivity contribution in [2.24, 2.45) is 0 Å². The van der Waals surface area contributed by atoms with Crippen LogP contribution in [0, 0.1) is 12.1 Å². The van der Waals surface area contributed by atoms with Crippen molar-refractivity contribution < 1.29 is 23.8 Å². The first kappa shape index (κ1) is 23.2. The highest BCUT2D eigenvalue weighted by Gasteiger charge is 2.43. The van der Waals surface area contributed by atoms with Crippen LogP contribution in [0.25, 0.3) is 0 Å². The molecule has 5 nitrogen and oxygen atoms in total. The van der Waals surface area contributed by atoms with Gasteiger partial charge >= 0.3 is 7.60 Å². The van der Waals surface area contributed by atoms with Gasteiger partial charge in [0.15, 0.2) is 4.73 Å². The summed E-state index contributed by atoms with van der Waals surface area (Å²) in [5.41, 5.74) is 1.64. The lowest BCUT2D eigenvalue weighted by molar-refractivity contribution is 0.373. The molecule has 0 bridgehead atoms. The van der Waals surface area contributed by atoms with Gasteiger partial charge in [-0.15, -0.1) is 18.2 Å². The van der Waals surface area contributed by atoms with Crippen LogP contribution in [-0.2, 0) is 9.13 Å². The van der Waals surface area contributed by atoms with Crippen LogP contribution < -0.4 is 0 Å². The van der Waals surface area contributed by atoms with E-state index >= 15 is 0 Å². The molecule has 0 aromatic heterocycles. The van der Waals surface area contributed by atoms with Gasteiger partial charge in [0.25, 0.3) is 7.37 Å². The Kier molecular flexibility index (Phi) is 12.7. The van der Waals surface area contributed by atoms with Crippen molar-refractivity contribution in [2.45, 2.75) is 75.9 Å². The van der Waals surface area contributed by atoms with E-state index in [1.165, 1.54) is 44.9 Å². The van der Waals surface area contributed by atoms with E-state index < -0.39 is 19.7 Å². The Labute approximate surface area is 144 Å². The number of thioether (sulfide) groups is 1. The Morgan fingerprint density at radius 3 is 1.74 bits per heavy atom. The molecule has 0 aliphatic carbocycles. The quantitative estimate of drug-likeness (QED) is 0.222. The Bertz CT molecular complexity index is 444. The molecule has 0 aromatic rings. The van der Waals surface area contributed by atoms with Gasteiger partial charge < -0.3 is 14.7 Å². The number of terminal acetylenes is 1. The Balaban J connectivity index is 3.79. The van der Waals surface area contributed by atoms with Crippen molar-refractivity contribution in [1.29, 1.82) is 0 Å². The summed E-state index contributed by atoms with van der Waals surface area (Å²) in [6.07, 6.45) is 16.6. The van der Waals surface area contributed by atoms with E-state index in [4.69, 9.17) is 16.2 Å². The summed E-state index contributed by atoms with van der Waals surface area (Å²) in [6.45, 7) is 2.20. The summed E-state index contributed by atoms with van der Waals surface area (Å²) in [7, 11) is -8.94. The van der Waals surface area contributed by atoms with Crippen LogP contribution in [0.4, 0.5) is 0 Å². The van der Waals surface area contributed by atoms with Gasteiger partial charge in [0, 0.05) is 0 Å². The van der Waals surface area contributed by atoms with E-state index in [1.54, 1.807) is 5.66 Å². The van der Waals surface area contributed by atoms with Crippen LogP contribution in [0.15, 0.2) is 0 Å². The molecule has 0 aromatic carbocycles. The maximum absolute atomic E-state index is 11.6. The largest absolute Gasteiger partial charge is 0.349 e. The molecule has 8 heteroatoms. The molecule has 2 unspecified atom stereocenters. The second-order valence-corrected chi connectivity index (χ2v) is 11.8. The monoisotopic (exact) mass is 384 g/mol. The zero-order chi connectivity index (χ0) is 17.8. The minimum atomic E-state index is -4.69. The smallest absolute Gasteiger partial charge is 0.334 e. The predicted octanol–water partition coefficient (Wildman–Crippen LogP) is 4.96. The minimum absolute atomic E-state index is 0.429. The normalized spacial score (nSPS) is 15.8.